The quantitative estimate of drug-likeness (QED) is 0.645. The van der Waals surface area contributed by atoms with E-state index in [9.17, 15) is 5.11 Å². The highest BCUT2D eigenvalue weighted by atomic mass is 16.5. The van der Waals surface area contributed by atoms with Gasteiger partial charge in [0.25, 0.3) is 0 Å². The van der Waals surface area contributed by atoms with Crippen LogP contribution in [-0.4, -0.2) is 11.2 Å². The lowest BCUT2D eigenvalue weighted by Crippen LogP contribution is -2.06. The first-order valence-corrected chi connectivity index (χ1v) is 7.58. The number of aliphatic hydroxyl groups is 1. The molecule has 2 heteroatoms. The minimum absolute atomic E-state index is 0.168. The van der Waals surface area contributed by atoms with Gasteiger partial charge in [0.05, 0.1) is 12.2 Å². The molecule has 1 atom stereocenters. The van der Waals surface area contributed by atoms with Gasteiger partial charge in [0, 0.05) is 0 Å². The van der Waals surface area contributed by atoms with Crippen molar-refractivity contribution < 1.29 is 9.84 Å². The minimum atomic E-state index is -0.364. The SMILES string of the molecule is CCCCCCCC(O)c1cccc(OC(C)C)c1. The summed E-state index contributed by atoms with van der Waals surface area (Å²) < 4.78 is 5.65. The Bertz CT molecular complexity index is 347. The van der Waals surface area contributed by atoms with Gasteiger partial charge in [-0.05, 0) is 38.0 Å². The number of aliphatic hydroxyl groups excluding tert-OH is 1. The monoisotopic (exact) mass is 264 g/mol. The third-order valence-corrected chi connectivity index (χ3v) is 3.20. The highest BCUT2D eigenvalue weighted by Crippen LogP contribution is 2.24. The van der Waals surface area contributed by atoms with E-state index in [2.05, 4.69) is 6.92 Å². The van der Waals surface area contributed by atoms with Crippen molar-refractivity contribution in [1.29, 1.82) is 0 Å². The van der Waals surface area contributed by atoms with E-state index in [0.717, 1.165) is 24.2 Å². The molecule has 19 heavy (non-hydrogen) atoms. The second-order valence-electron chi connectivity index (χ2n) is 5.46. The van der Waals surface area contributed by atoms with Crippen LogP contribution in [0.1, 0.15) is 71.0 Å². The number of hydrogen-bond donors (Lipinski definition) is 1. The second-order valence-corrected chi connectivity index (χ2v) is 5.46. The maximum absolute atomic E-state index is 10.2. The molecule has 1 rings (SSSR count). The summed E-state index contributed by atoms with van der Waals surface area (Å²) >= 11 is 0. The second kappa shape index (κ2) is 8.98. The number of unbranched alkanes of at least 4 members (excludes halogenated alkanes) is 4. The van der Waals surface area contributed by atoms with Crippen LogP contribution in [-0.2, 0) is 0 Å². The molecule has 1 aromatic carbocycles. The van der Waals surface area contributed by atoms with Gasteiger partial charge in [-0.2, -0.15) is 0 Å². The van der Waals surface area contributed by atoms with Gasteiger partial charge < -0.3 is 9.84 Å². The molecular formula is C17H28O2. The van der Waals surface area contributed by atoms with Crippen LogP contribution in [0.4, 0.5) is 0 Å². The van der Waals surface area contributed by atoms with Crippen molar-refractivity contribution in [2.75, 3.05) is 0 Å². The van der Waals surface area contributed by atoms with E-state index in [-0.39, 0.29) is 12.2 Å². The van der Waals surface area contributed by atoms with Gasteiger partial charge in [0.2, 0.25) is 0 Å². The van der Waals surface area contributed by atoms with Crippen LogP contribution in [0, 0.1) is 0 Å². The Kier molecular flexibility index (Phi) is 7.57. The smallest absolute Gasteiger partial charge is 0.120 e. The van der Waals surface area contributed by atoms with Crippen molar-refractivity contribution >= 4 is 0 Å². The van der Waals surface area contributed by atoms with Crippen molar-refractivity contribution in [3.05, 3.63) is 29.8 Å². The van der Waals surface area contributed by atoms with E-state index in [1.54, 1.807) is 0 Å². The average molecular weight is 264 g/mol. The topological polar surface area (TPSA) is 29.5 Å². The lowest BCUT2D eigenvalue weighted by atomic mass is 10.0. The predicted molar refractivity (Wildman–Crippen MR) is 80.5 cm³/mol. The van der Waals surface area contributed by atoms with E-state index >= 15 is 0 Å². The standard InChI is InChI=1S/C17H28O2/c1-4-5-6-7-8-12-17(18)15-10-9-11-16(13-15)19-14(2)3/h9-11,13-14,17-18H,4-8,12H2,1-3H3. The van der Waals surface area contributed by atoms with Crippen LogP contribution in [0.3, 0.4) is 0 Å². The molecule has 0 aliphatic rings. The fraction of sp³-hybridized carbons (Fsp3) is 0.647. The molecule has 0 bridgehead atoms. The molecule has 0 aromatic heterocycles. The van der Waals surface area contributed by atoms with E-state index in [1.807, 2.05) is 38.1 Å². The van der Waals surface area contributed by atoms with Crippen LogP contribution in [0.2, 0.25) is 0 Å². The van der Waals surface area contributed by atoms with Crippen molar-refractivity contribution in [2.24, 2.45) is 0 Å². The number of benzene rings is 1. The molecule has 0 saturated heterocycles. The summed E-state index contributed by atoms with van der Waals surface area (Å²) in [4.78, 5) is 0. The lowest BCUT2D eigenvalue weighted by molar-refractivity contribution is 0.162. The van der Waals surface area contributed by atoms with Gasteiger partial charge in [0.1, 0.15) is 5.75 Å². The summed E-state index contributed by atoms with van der Waals surface area (Å²) in [5.41, 5.74) is 0.966. The van der Waals surface area contributed by atoms with E-state index in [4.69, 9.17) is 4.74 Å². The molecule has 2 nitrogen and oxygen atoms in total. The zero-order valence-electron chi connectivity index (χ0n) is 12.6. The van der Waals surface area contributed by atoms with Crippen LogP contribution in [0.25, 0.3) is 0 Å². The molecule has 0 fully saturated rings. The molecule has 0 spiro atoms. The zero-order chi connectivity index (χ0) is 14.1. The molecule has 0 heterocycles. The first-order chi connectivity index (χ1) is 9.13. The van der Waals surface area contributed by atoms with Gasteiger partial charge in [-0.1, -0.05) is 51.2 Å². The maximum Gasteiger partial charge on any atom is 0.120 e. The summed E-state index contributed by atoms with van der Waals surface area (Å²) in [6, 6.07) is 7.82. The molecule has 0 aliphatic heterocycles. The molecule has 0 radical (unpaired) electrons. The zero-order valence-corrected chi connectivity index (χ0v) is 12.6. The molecule has 108 valence electrons. The van der Waals surface area contributed by atoms with E-state index in [1.165, 1.54) is 25.7 Å². The number of hydrogen-bond acceptors (Lipinski definition) is 2. The van der Waals surface area contributed by atoms with Crippen molar-refractivity contribution in [3.8, 4) is 5.75 Å². The predicted octanol–water partition coefficient (Wildman–Crippen LogP) is 4.87. The first-order valence-electron chi connectivity index (χ1n) is 7.58. The summed E-state index contributed by atoms with van der Waals surface area (Å²) in [6.45, 7) is 6.24. The summed E-state index contributed by atoms with van der Waals surface area (Å²) in [7, 11) is 0. The third kappa shape index (κ3) is 6.63. The van der Waals surface area contributed by atoms with E-state index in [0.29, 0.717) is 0 Å². The number of ether oxygens (including phenoxy) is 1. The van der Waals surface area contributed by atoms with E-state index < -0.39 is 0 Å². The number of rotatable bonds is 9. The first kappa shape index (κ1) is 16.0. The Labute approximate surface area is 117 Å². The van der Waals surface area contributed by atoms with Crippen LogP contribution in [0.5, 0.6) is 5.75 Å². The minimum Gasteiger partial charge on any atom is -0.491 e. The summed E-state index contributed by atoms with van der Waals surface area (Å²) in [5, 5.41) is 10.2. The molecule has 1 N–H and O–H groups in total. The average Bonchev–Trinajstić information content (AvgIpc) is 2.38. The Morgan fingerprint density at radius 2 is 1.84 bits per heavy atom. The fourth-order valence-electron chi connectivity index (χ4n) is 2.18. The summed E-state index contributed by atoms with van der Waals surface area (Å²) in [6.07, 6.45) is 6.79. The Hall–Kier alpha value is -1.02. The van der Waals surface area contributed by atoms with Gasteiger partial charge in [-0.25, -0.2) is 0 Å². The van der Waals surface area contributed by atoms with Crippen LogP contribution >= 0.6 is 0 Å². The fourth-order valence-corrected chi connectivity index (χ4v) is 2.18. The van der Waals surface area contributed by atoms with Crippen molar-refractivity contribution in [2.45, 2.75) is 71.5 Å². The van der Waals surface area contributed by atoms with Gasteiger partial charge in [0.15, 0.2) is 0 Å². The van der Waals surface area contributed by atoms with Crippen LogP contribution in [0.15, 0.2) is 24.3 Å². The Morgan fingerprint density at radius 1 is 1.11 bits per heavy atom. The molecule has 0 amide bonds. The van der Waals surface area contributed by atoms with Crippen LogP contribution < -0.4 is 4.74 Å². The van der Waals surface area contributed by atoms with Crippen molar-refractivity contribution in [3.63, 3.8) is 0 Å². The highest BCUT2D eigenvalue weighted by molar-refractivity contribution is 5.30. The Morgan fingerprint density at radius 3 is 2.53 bits per heavy atom. The molecule has 1 aromatic rings. The maximum atomic E-state index is 10.2. The lowest BCUT2D eigenvalue weighted by Gasteiger charge is -2.14. The molecule has 1 unspecified atom stereocenters. The third-order valence-electron chi connectivity index (χ3n) is 3.20. The van der Waals surface area contributed by atoms with Crippen molar-refractivity contribution in [1.82, 2.24) is 0 Å². The molecule has 0 aliphatic carbocycles. The normalized spacial score (nSPS) is 12.7. The molecular weight excluding hydrogens is 236 g/mol. The Balaban J connectivity index is 2.40. The summed E-state index contributed by atoms with van der Waals surface area (Å²) in [5.74, 6) is 0.845. The van der Waals surface area contributed by atoms with Gasteiger partial charge >= 0.3 is 0 Å². The molecule has 0 saturated carbocycles. The van der Waals surface area contributed by atoms with Gasteiger partial charge in [-0.15, -0.1) is 0 Å². The highest BCUT2D eigenvalue weighted by Gasteiger charge is 2.08. The largest absolute Gasteiger partial charge is 0.491 e. The van der Waals surface area contributed by atoms with Gasteiger partial charge in [-0.3, -0.25) is 0 Å².